The number of benzene rings is 10. The molecular formula is C71H44N4O2. The van der Waals surface area contributed by atoms with Crippen LogP contribution in [0.4, 0.5) is 0 Å². The van der Waals surface area contributed by atoms with Gasteiger partial charge in [0.15, 0.2) is 5.82 Å². The van der Waals surface area contributed by atoms with Crippen LogP contribution in [-0.2, 0) is 0 Å². The molecule has 15 aromatic rings. The number of furan rings is 2. The Morgan fingerprint density at radius 3 is 1.82 bits per heavy atom. The zero-order valence-corrected chi connectivity index (χ0v) is 41.6. The van der Waals surface area contributed by atoms with E-state index in [0.29, 0.717) is 5.82 Å². The van der Waals surface area contributed by atoms with E-state index in [1.54, 1.807) is 0 Å². The van der Waals surface area contributed by atoms with Gasteiger partial charge in [-0.15, -0.1) is 0 Å². The lowest BCUT2D eigenvalue weighted by Crippen LogP contribution is -2.03. The topological polar surface area (TPSA) is 61.9 Å². The fourth-order valence-corrected chi connectivity index (χ4v) is 12.0. The molecule has 0 N–H and O–H groups in total. The van der Waals surface area contributed by atoms with Crippen molar-refractivity contribution >= 4 is 88.7 Å². The molecule has 0 bridgehead atoms. The summed E-state index contributed by atoms with van der Waals surface area (Å²) in [6, 6.07) is 81.9. The van der Waals surface area contributed by atoms with Crippen LogP contribution in [0.2, 0.25) is 0 Å². The summed E-state index contributed by atoms with van der Waals surface area (Å²) in [5, 5.41) is 7.87. The molecule has 0 saturated heterocycles. The molecule has 0 spiro atoms. The first-order valence-corrected chi connectivity index (χ1v) is 26.2. The molecule has 5 heterocycles. The molecule has 6 heteroatoms. The SMILES string of the molecule is C1=Cc2c(n(-c3ccc4c(c3)c3cccc(-c5cccc(-c6cccc(-c7cccc8c7oc7ccccc78)c6)c5)c3n4-c3cc(-c4ccc5c(c4)oc4ccccc45)nc(-c4ccccc4)n3)c3ccccc23)C=CC1. The van der Waals surface area contributed by atoms with E-state index >= 15 is 0 Å². The van der Waals surface area contributed by atoms with Crippen LogP contribution < -0.4 is 0 Å². The summed E-state index contributed by atoms with van der Waals surface area (Å²) in [5.41, 5.74) is 19.5. The number of aromatic nitrogens is 4. The molecule has 0 fully saturated rings. The highest BCUT2D eigenvalue weighted by Crippen LogP contribution is 2.43. The Labute approximate surface area is 442 Å². The fraction of sp³-hybridized carbons (Fsp3) is 0.0141. The summed E-state index contributed by atoms with van der Waals surface area (Å²) >= 11 is 0. The van der Waals surface area contributed by atoms with E-state index in [-0.39, 0.29) is 0 Å². The highest BCUT2D eigenvalue weighted by molar-refractivity contribution is 6.15. The van der Waals surface area contributed by atoms with Crippen molar-refractivity contribution in [3.63, 3.8) is 0 Å². The molecule has 1 aliphatic rings. The molecule has 0 saturated carbocycles. The van der Waals surface area contributed by atoms with E-state index in [9.17, 15) is 0 Å². The van der Waals surface area contributed by atoms with Crippen molar-refractivity contribution in [2.24, 2.45) is 0 Å². The number of nitrogens with zero attached hydrogens (tertiary/aromatic N) is 4. The van der Waals surface area contributed by atoms with E-state index < -0.39 is 0 Å². The third-order valence-corrected chi connectivity index (χ3v) is 15.5. The molecule has 0 atom stereocenters. The highest BCUT2D eigenvalue weighted by Gasteiger charge is 2.23. The summed E-state index contributed by atoms with van der Waals surface area (Å²) in [7, 11) is 0. The smallest absolute Gasteiger partial charge is 0.162 e. The maximum absolute atomic E-state index is 6.52. The predicted octanol–water partition coefficient (Wildman–Crippen LogP) is 19.1. The van der Waals surface area contributed by atoms with Crippen LogP contribution in [0.15, 0.2) is 252 Å². The van der Waals surface area contributed by atoms with Crippen LogP contribution in [0.1, 0.15) is 17.7 Å². The Morgan fingerprint density at radius 1 is 0.364 bits per heavy atom. The monoisotopic (exact) mass is 984 g/mol. The standard InChI is InChI=1S/C71H44N4O2/c1-3-17-44(18-4-1)71-72-61(49-35-37-57-55-25-8-11-33-65(55)76-67(57)41-49)43-68(73-71)75-64-38-36-50(74-62-31-6-2-5-23-53(62)54-24-7-10-32-63(54)74)42-60(64)58-29-15-27-51(69(58)75)47-21-13-19-45(39-47)46-20-14-22-48(40-46)52-28-16-30-59-56-26-9-12-34-66(56)77-70(52)59/h1,3-43H,2H2. The van der Waals surface area contributed by atoms with Gasteiger partial charge in [-0.3, -0.25) is 4.57 Å². The average Bonchev–Trinajstić information content (AvgIpc) is 4.42. The minimum Gasteiger partial charge on any atom is -0.456 e. The maximum Gasteiger partial charge on any atom is 0.162 e. The van der Waals surface area contributed by atoms with Crippen LogP contribution in [0.25, 0.3) is 156 Å². The van der Waals surface area contributed by atoms with E-state index in [1.165, 1.54) is 22.2 Å². The molecule has 0 radical (unpaired) electrons. The Balaban J connectivity index is 0.923. The Morgan fingerprint density at radius 2 is 0.987 bits per heavy atom. The van der Waals surface area contributed by atoms with Crippen molar-refractivity contribution < 1.29 is 8.83 Å². The molecule has 0 unspecified atom stereocenters. The van der Waals surface area contributed by atoms with Gasteiger partial charge >= 0.3 is 0 Å². The average molecular weight is 985 g/mol. The van der Waals surface area contributed by atoms with Crippen molar-refractivity contribution in [3.05, 3.63) is 254 Å². The molecule has 360 valence electrons. The van der Waals surface area contributed by atoms with Gasteiger partial charge in [0.1, 0.15) is 28.1 Å². The van der Waals surface area contributed by atoms with Gasteiger partial charge in [-0.25, -0.2) is 9.97 Å². The first-order chi connectivity index (χ1) is 38.2. The van der Waals surface area contributed by atoms with Gasteiger partial charge in [-0.1, -0.05) is 182 Å². The number of para-hydroxylation sites is 5. The molecular weight excluding hydrogens is 941 g/mol. The molecule has 5 aromatic heterocycles. The predicted molar refractivity (Wildman–Crippen MR) is 318 cm³/mol. The molecule has 16 rings (SSSR count). The van der Waals surface area contributed by atoms with Gasteiger partial charge in [0, 0.05) is 77.3 Å². The molecule has 6 nitrogen and oxygen atoms in total. The van der Waals surface area contributed by atoms with E-state index in [2.05, 4.69) is 221 Å². The highest BCUT2D eigenvalue weighted by atomic mass is 16.3. The number of fused-ring (bicyclic) bond motifs is 12. The van der Waals surface area contributed by atoms with E-state index in [0.717, 1.165) is 134 Å². The Kier molecular flexibility index (Phi) is 9.60. The first-order valence-electron chi connectivity index (χ1n) is 26.2. The second-order valence-electron chi connectivity index (χ2n) is 20.0. The van der Waals surface area contributed by atoms with E-state index in [4.69, 9.17) is 18.8 Å². The zero-order chi connectivity index (χ0) is 50.6. The second-order valence-corrected chi connectivity index (χ2v) is 20.0. The molecule has 0 amide bonds. The van der Waals surface area contributed by atoms with Gasteiger partial charge in [-0.05, 0) is 95.4 Å². The minimum atomic E-state index is 0.633. The van der Waals surface area contributed by atoms with Crippen molar-refractivity contribution in [2.75, 3.05) is 0 Å². The van der Waals surface area contributed by atoms with Gasteiger partial charge in [-0.2, -0.15) is 0 Å². The fourth-order valence-electron chi connectivity index (χ4n) is 12.0. The normalized spacial score (nSPS) is 12.5. The van der Waals surface area contributed by atoms with Crippen molar-refractivity contribution in [3.8, 4) is 67.5 Å². The number of hydrogen-bond donors (Lipinski definition) is 0. The zero-order valence-electron chi connectivity index (χ0n) is 41.6. The molecule has 10 aromatic carbocycles. The van der Waals surface area contributed by atoms with Crippen LogP contribution >= 0.6 is 0 Å². The largest absolute Gasteiger partial charge is 0.456 e. The minimum absolute atomic E-state index is 0.633. The summed E-state index contributed by atoms with van der Waals surface area (Å²) in [5.74, 6) is 1.39. The Bertz CT molecular complexity index is 4970. The van der Waals surface area contributed by atoms with Gasteiger partial charge in [0.05, 0.1) is 27.9 Å². The lowest BCUT2D eigenvalue weighted by molar-refractivity contribution is 0.669. The van der Waals surface area contributed by atoms with E-state index in [1.807, 2.05) is 42.5 Å². The van der Waals surface area contributed by atoms with Crippen LogP contribution in [0.3, 0.4) is 0 Å². The quantitative estimate of drug-likeness (QED) is 0.160. The first kappa shape index (κ1) is 43.1. The van der Waals surface area contributed by atoms with Crippen molar-refractivity contribution in [1.82, 2.24) is 19.1 Å². The maximum atomic E-state index is 6.52. The third kappa shape index (κ3) is 6.89. The third-order valence-electron chi connectivity index (χ3n) is 15.5. The van der Waals surface area contributed by atoms with Crippen molar-refractivity contribution in [1.29, 1.82) is 0 Å². The van der Waals surface area contributed by atoms with Gasteiger partial charge in [0.25, 0.3) is 0 Å². The van der Waals surface area contributed by atoms with Crippen LogP contribution in [0, 0.1) is 0 Å². The second kappa shape index (κ2) is 17.1. The summed E-state index contributed by atoms with van der Waals surface area (Å²) < 4.78 is 17.8. The Hall–Kier alpha value is -10.3. The lowest BCUT2D eigenvalue weighted by atomic mass is 9.95. The summed E-state index contributed by atoms with van der Waals surface area (Å²) in [4.78, 5) is 10.8. The lowest BCUT2D eigenvalue weighted by Gasteiger charge is -2.15. The molecule has 77 heavy (non-hydrogen) atoms. The van der Waals surface area contributed by atoms with Crippen molar-refractivity contribution in [2.45, 2.75) is 6.42 Å². The number of allylic oxidation sites excluding steroid dienone is 2. The van der Waals surface area contributed by atoms with Gasteiger partial charge < -0.3 is 13.4 Å². The summed E-state index contributed by atoms with van der Waals surface area (Å²) in [6.07, 6.45) is 9.95. The van der Waals surface area contributed by atoms with Gasteiger partial charge in [0.2, 0.25) is 0 Å². The molecule has 1 aliphatic carbocycles. The van der Waals surface area contributed by atoms with Crippen LogP contribution in [-0.4, -0.2) is 19.1 Å². The summed E-state index contributed by atoms with van der Waals surface area (Å²) in [6.45, 7) is 0. The van der Waals surface area contributed by atoms with Crippen LogP contribution in [0.5, 0.6) is 0 Å². The molecule has 0 aliphatic heterocycles. The number of hydrogen-bond acceptors (Lipinski definition) is 4. The number of rotatable bonds is 7.